The van der Waals surface area contributed by atoms with Crippen LogP contribution in [0.5, 0.6) is 0 Å². The second kappa shape index (κ2) is 6.62. The van der Waals surface area contributed by atoms with Gasteiger partial charge in [0.1, 0.15) is 15.7 Å². The molecule has 3 N–H and O–H groups in total. The maximum atomic E-state index is 10.9. The van der Waals surface area contributed by atoms with E-state index in [-0.39, 0.29) is 11.6 Å². The Morgan fingerprint density at radius 3 is 2.47 bits per heavy atom. The lowest BCUT2D eigenvalue weighted by molar-refractivity contribution is 0.301. The monoisotopic (exact) mass is 237 g/mol. The van der Waals surface area contributed by atoms with E-state index in [0.29, 0.717) is 19.5 Å². The lowest BCUT2D eigenvalue weighted by Gasteiger charge is -2.19. The predicted octanol–water partition coefficient (Wildman–Crippen LogP) is -0.511. The molecule has 0 aromatic carbocycles. The Morgan fingerprint density at radius 2 is 2.07 bits per heavy atom. The first kappa shape index (κ1) is 14.2. The zero-order chi connectivity index (χ0) is 11.9. The van der Waals surface area contributed by atoms with Crippen molar-refractivity contribution in [3.63, 3.8) is 0 Å². The minimum Gasteiger partial charge on any atom is -0.409 e. The van der Waals surface area contributed by atoms with Gasteiger partial charge in [-0.15, -0.1) is 0 Å². The molecular formula is C8H19N3O3S. The largest absolute Gasteiger partial charge is 0.409 e. The summed E-state index contributed by atoms with van der Waals surface area (Å²) in [5.41, 5.74) is 5.31. The zero-order valence-electron chi connectivity index (χ0n) is 9.18. The van der Waals surface area contributed by atoms with E-state index in [4.69, 9.17) is 10.9 Å². The van der Waals surface area contributed by atoms with Gasteiger partial charge in [0.25, 0.3) is 0 Å². The highest BCUT2D eigenvalue weighted by Gasteiger charge is 2.08. The molecule has 0 aromatic heterocycles. The minimum atomic E-state index is -2.93. The minimum absolute atomic E-state index is 0.136. The molecule has 0 fully saturated rings. The molecule has 0 aliphatic rings. The van der Waals surface area contributed by atoms with Crippen LogP contribution in [0.15, 0.2) is 5.16 Å². The molecule has 0 saturated heterocycles. The molecular weight excluding hydrogens is 218 g/mol. The van der Waals surface area contributed by atoms with E-state index in [1.54, 1.807) is 0 Å². The Morgan fingerprint density at radius 1 is 1.47 bits per heavy atom. The second-order valence-electron chi connectivity index (χ2n) is 3.41. The van der Waals surface area contributed by atoms with Crippen LogP contribution < -0.4 is 5.73 Å². The molecule has 0 atom stereocenters. The van der Waals surface area contributed by atoms with Gasteiger partial charge in [0.15, 0.2) is 0 Å². The van der Waals surface area contributed by atoms with Gasteiger partial charge in [0.05, 0.1) is 5.75 Å². The van der Waals surface area contributed by atoms with Crippen molar-refractivity contribution in [2.75, 3.05) is 31.6 Å². The molecule has 0 aromatic rings. The first-order valence-electron chi connectivity index (χ1n) is 4.75. The molecule has 0 heterocycles. The number of sulfone groups is 1. The number of hydrogen-bond donors (Lipinski definition) is 2. The van der Waals surface area contributed by atoms with Crippen LogP contribution in [0.2, 0.25) is 0 Å². The third-order valence-electron chi connectivity index (χ3n) is 2.04. The summed E-state index contributed by atoms with van der Waals surface area (Å²) in [5.74, 6) is 0.296. The normalized spacial score (nSPS) is 13.4. The van der Waals surface area contributed by atoms with Gasteiger partial charge in [0.2, 0.25) is 0 Å². The van der Waals surface area contributed by atoms with Gasteiger partial charge in [-0.3, -0.25) is 0 Å². The Bertz CT molecular complexity index is 300. The van der Waals surface area contributed by atoms with Crippen molar-refractivity contribution in [2.24, 2.45) is 10.9 Å². The van der Waals surface area contributed by atoms with Gasteiger partial charge in [-0.1, -0.05) is 12.1 Å². The standard InChI is InChI=1S/C8H19N3O3S/c1-3-11(5-4-8(9)10-12)6-7-15(2,13)14/h12H,3-7H2,1-2H3,(H2,9,10). The van der Waals surface area contributed by atoms with Crippen LogP contribution in [0.1, 0.15) is 13.3 Å². The molecule has 15 heavy (non-hydrogen) atoms. The van der Waals surface area contributed by atoms with Gasteiger partial charge in [0, 0.05) is 25.8 Å². The van der Waals surface area contributed by atoms with E-state index in [1.165, 1.54) is 6.26 Å². The fourth-order valence-electron chi connectivity index (χ4n) is 1.05. The van der Waals surface area contributed by atoms with Crippen LogP contribution in [0.4, 0.5) is 0 Å². The molecule has 0 rings (SSSR count). The Labute approximate surface area is 90.7 Å². The third kappa shape index (κ3) is 8.19. The molecule has 0 aliphatic carbocycles. The molecule has 0 amide bonds. The first-order valence-corrected chi connectivity index (χ1v) is 6.81. The van der Waals surface area contributed by atoms with Crippen LogP contribution in [-0.2, 0) is 9.84 Å². The number of amidine groups is 1. The highest BCUT2D eigenvalue weighted by atomic mass is 32.2. The van der Waals surface area contributed by atoms with Crippen LogP contribution >= 0.6 is 0 Å². The van der Waals surface area contributed by atoms with Crippen LogP contribution in [0, 0.1) is 0 Å². The van der Waals surface area contributed by atoms with E-state index in [1.807, 2.05) is 11.8 Å². The van der Waals surface area contributed by atoms with Crippen molar-refractivity contribution in [2.45, 2.75) is 13.3 Å². The van der Waals surface area contributed by atoms with Crippen LogP contribution in [-0.4, -0.2) is 56.0 Å². The van der Waals surface area contributed by atoms with E-state index in [0.717, 1.165) is 6.54 Å². The van der Waals surface area contributed by atoms with E-state index < -0.39 is 9.84 Å². The molecule has 0 aliphatic heterocycles. The Hall–Kier alpha value is -0.820. The maximum Gasteiger partial charge on any atom is 0.148 e. The average Bonchev–Trinajstić information content (AvgIpc) is 2.16. The lowest BCUT2D eigenvalue weighted by atomic mass is 10.3. The van der Waals surface area contributed by atoms with Crippen molar-refractivity contribution >= 4 is 15.7 Å². The van der Waals surface area contributed by atoms with E-state index in [9.17, 15) is 8.42 Å². The summed E-state index contributed by atoms with van der Waals surface area (Å²) in [6, 6.07) is 0. The summed E-state index contributed by atoms with van der Waals surface area (Å²) >= 11 is 0. The van der Waals surface area contributed by atoms with Gasteiger partial charge >= 0.3 is 0 Å². The van der Waals surface area contributed by atoms with Crippen molar-refractivity contribution in [3.8, 4) is 0 Å². The van der Waals surface area contributed by atoms with Crippen molar-refractivity contribution in [1.82, 2.24) is 4.90 Å². The molecule has 0 spiro atoms. The van der Waals surface area contributed by atoms with Crippen molar-refractivity contribution < 1.29 is 13.6 Å². The van der Waals surface area contributed by atoms with Crippen LogP contribution in [0.3, 0.4) is 0 Å². The Kier molecular flexibility index (Phi) is 6.26. The summed E-state index contributed by atoms with van der Waals surface area (Å²) in [5, 5.41) is 11.2. The summed E-state index contributed by atoms with van der Waals surface area (Å²) in [4.78, 5) is 1.94. The summed E-state index contributed by atoms with van der Waals surface area (Å²) in [7, 11) is -2.93. The smallest absolute Gasteiger partial charge is 0.148 e. The fourth-order valence-corrected chi connectivity index (χ4v) is 1.64. The van der Waals surface area contributed by atoms with E-state index in [2.05, 4.69) is 5.16 Å². The highest BCUT2D eigenvalue weighted by Crippen LogP contribution is 1.94. The van der Waals surface area contributed by atoms with E-state index >= 15 is 0 Å². The molecule has 6 nitrogen and oxygen atoms in total. The molecule has 0 saturated carbocycles. The predicted molar refractivity (Wildman–Crippen MR) is 59.9 cm³/mol. The molecule has 0 unspecified atom stereocenters. The SMILES string of the molecule is CCN(CCC(N)=NO)CCS(C)(=O)=O. The zero-order valence-corrected chi connectivity index (χ0v) is 10.00. The lowest BCUT2D eigenvalue weighted by Crippen LogP contribution is -2.32. The van der Waals surface area contributed by atoms with Gasteiger partial charge in [-0.05, 0) is 6.54 Å². The van der Waals surface area contributed by atoms with Gasteiger partial charge in [-0.25, -0.2) is 8.42 Å². The number of rotatable bonds is 7. The van der Waals surface area contributed by atoms with Gasteiger partial charge < -0.3 is 15.8 Å². The number of oxime groups is 1. The molecule has 90 valence electrons. The quantitative estimate of drug-likeness (QED) is 0.269. The maximum absolute atomic E-state index is 10.9. The van der Waals surface area contributed by atoms with Crippen LogP contribution in [0.25, 0.3) is 0 Å². The molecule has 7 heteroatoms. The first-order chi connectivity index (χ1) is 6.89. The van der Waals surface area contributed by atoms with Crippen molar-refractivity contribution in [1.29, 1.82) is 0 Å². The van der Waals surface area contributed by atoms with Gasteiger partial charge in [-0.2, -0.15) is 0 Å². The summed E-state index contributed by atoms with van der Waals surface area (Å²) in [6.45, 7) is 3.76. The molecule has 0 bridgehead atoms. The average molecular weight is 237 g/mol. The summed E-state index contributed by atoms with van der Waals surface area (Å²) in [6.07, 6.45) is 1.65. The number of nitrogens with two attached hydrogens (primary N) is 1. The number of nitrogens with zero attached hydrogens (tertiary/aromatic N) is 2. The second-order valence-corrected chi connectivity index (χ2v) is 5.67. The topological polar surface area (TPSA) is 96.0 Å². The third-order valence-corrected chi connectivity index (χ3v) is 2.96. The summed E-state index contributed by atoms with van der Waals surface area (Å²) < 4.78 is 21.9. The van der Waals surface area contributed by atoms with Crippen molar-refractivity contribution in [3.05, 3.63) is 0 Å². The highest BCUT2D eigenvalue weighted by molar-refractivity contribution is 7.90. The fraction of sp³-hybridized carbons (Fsp3) is 0.875. The number of hydrogen-bond acceptors (Lipinski definition) is 5. The Balaban J connectivity index is 3.94. The molecule has 0 radical (unpaired) electrons.